The van der Waals surface area contributed by atoms with Gasteiger partial charge in [-0.05, 0) is 12.1 Å². The van der Waals surface area contributed by atoms with Crippen molar-refractivity contribution in [2.75, 3.05) is 0 Å². The standard InChI is InChI=1S/C14H12N2O2/c17-14(18)6-5-9-7-11-10-3-1-2-4-12(10)16-13(11)8-15-9/h1-4,7-8,16H,5-6H2,(H,17,18). The number of aliphatic carboxylic acids is 1. The lowest BCUT2D eigenvalue weighted by Gasteiger charge is -1.98. The number of aromatic nitrogens is 2. The Hall–Kier alpha value is -2.36. The number of aromatic amines is 1. The van der Waals surface area contributed by atoms with Crippen LogP contribution in [-0.4, -0.2) is 21.0 Å². The largest absolute Gasteiger partial charge is 0.481 e. The van der Waals surface area contributed by atoms with Gasteiger partial charge in [-0.3, -0.25) is 9.78 Å². The van der Waals surface area contributed by atoms with Crippen LogP contribution in [0.1, 0.15) is 12.1 Å². The average molecular weight is 240 g/mol. The number of rotatable bonds is 3. The Morgan fingerprint density at radius 1 is 1.22 bits per heavy atom. The molecule has 0 radical (unpaired) electrons. The molecule has 0 fully saturated rings. The van der Waals surface area contributed by atoms with Gasteiger partial charge in [-0.15, -0.1) is 0 Å². The second kappa shape index (κ2) is 4.14. The van der Waals surface area contributed by atoms with Crippen LogP contribution in [0.15, 0.2) is 36.5 Å². The number of para-hydroxylation sites is 1. The average Bonchev–Trinajstić information content (AvgIpc) is 2.74. The van der Waals surface area contributed by atoms with Crippen molar-refractivity contribution in [3.05, 3.63) is 42.2 Å². The molecule has 3 aromatic rings. The van der Waals surface area contributed by atoms with Crippen LogP contribution in [0.25, 0.3) is 21.8 Å². The van der Waals surface area contributed by atoms with E-state index in [1.54, 1.807) is 6.20 Å². The van der Waals surface area contributed by atoms with Crippen LogP contribution in [0, 0.1) is 0 Å². The van der Waals surface area contributed by atoms with Crippen LogP contribution in [0.3, 0.4) is 0 Å². The van der Waals surface area contributed by atoms with E-state index >= 15 is 0 Å². The van der Waals surface area contributed by atoms with Crippen LogP contribution in [0.4, 0.5) is 0 Å². The van der Waals surface area contributed by atoms with Crippen LogP contribution in [0.2, 0.25) is 0 Å². The summed E-state index contributed by atoms with van der Waals surface area (Å²) in [4.78, 5) is 18.1. The zero-order chi connectivity index (χ0) is 12.5. The smallest absolute Gasteiger partial charge is 0.303 e. The van der Waals surface area contributed by atoms with Crippen molar-refractivity contribution in [1.29, 1.82) is 0 Å². The van der Waals surface area contributed by atoms with Crippen LogP contribution >= 0.6 is 0 Å². The van der Waals surface area contributed by atoms with Gasteiger partial charge in [-0.25, -0.2) is 0 Å². The monoisotopic (exact) mass is 240 g/mol. The molecule has 0 aliphatic rings. The van der Waals surface area contributed by atoms with Gasteiger partial charge in [0, 0.05) is 28.4 Å². The summed E-state index contributed by atoms with van der Waals surface area (Å²) in [7, 11) is 0. The molecule has 2 N–H and O–H groups in total. The molecule has 2 aromatic heterocycles. The van der Waals surface area contributed by atoms with E-state index in [0.29, 0.717) is 6.42 Å². The number of carbonyl (C=O) groups is 1. The van der Waals surface area contributed by atoms with Crippen molar-refractivity contribution in [3.8, 4) is 0 Å². The van der Waals surface area contributed by atoms with Gasteiger partial charge in [-0.1, -0.05) is 18.2 Å². The highest BCUT2D eigenvalue weighted by atomic mass is 16.4. The molecule has 18 heavy (non-hydrogen) atoms. The van der Waals surface area contributed by atoms with Gasteiger partial charge in [0.2, 0.25) is 0 Å². The molecule has 0 aliphatic carbocycles. The molecule has 2 heterocycles. The summed E-state index contributed by atoms with van der Waals surface area (Å²) in [5, 5.41) is 10.9. The van der Waals surface area contributed by atoms with Crippen molar-refractivity contribution in [2.45, 2.75) is 12.8 Å². The number of H-pyrrole nitrogens is 1. The van der Waals surface area contributed by atoms with E-state index in [1.807, 2.05) is 24.3 Å². The number of nitrogens with one attached hydrogen (secondary N) is 1. The molecular formula is C14H12N2O2. The number of aryl methyl sites for hydroxylation is 1. The SMILES string of the molecule is O=C(O)CCc1cc2c(cn1)[nH]c1ccccc12. The number of carboxylic acids is 1. The van der Waals surface area contributed by atoms with Crippen LogP contribution in [0.5, 0.6) is 0 Å². The maximum atomic E-state index is 10.6. The van der Waals surface area contributed by atoms with Crippen molar-refractivity contribution in [1.82, 2.24) is 9.97 Å². The fourth-order valence-electron chi connectivity index (χ4n) is 2.16. The number of benzene rings is 1. The summed E-state index contributed by atoms with van der Waals surface area (Å²) in [6.07, 6.45) is 2.35. The first-order valence-corrected chi connectivity index (χ1v) is 5.81. The molecule has 1 aromatic carbocycles. The summed E-state index contributed by atoms with van der Waals surface area (Å²) in [5.41, 5.74) is 2.87. The molecular weight excluding hydrogens is 228 g/mol. The van der Waals surface area contributed by atoms with E-state index < -0.39 is 5.97 Å². The quantitative estimate of drug-likeness (QED) is 0.739. The number of pyridine rings is 1. The van der Waals surface area contributed by atoms with Gasteiger partial charge in [0.1, 0.15) is 0 Å². The Bertz CT molecular complexity index is 731. The Balaban J connectivity index is 2.09. The predicted molar refractivity (Wildman–Crippen MR) is 69.6 cm³/mol. The van der Waals surface area contributed by atoms with Gasteiger partial charge in [0.15, 0.2) is 0 Å². The van der Waals surface area contributed by atoms with Crippen molar-refractivity contribution in [3.63, 3.8) is 0 Å². The van der Waals surface area contributed by atoms with Crippen LogP contribution < -0.4 is 0 Å². The third-order valence-corrected chi connectivity index (χ3v) is 3.04. The van der Waals surface area contributed by atoms with Crippen LogP contribution in [-0.2, 0) is 11.2 Å². The highest BCUT2D eigenvalue weighted by molar-refractivity contribution is 6.06. The maximum Gasteiger partial charge on any atom is 0.303 e. The van der Waals surface area contributed by atoms with E-state index in [0.717, 1.165) is 27.5 Å². The minimum Gasteiger partial charge on any atom is -0.481 e. The highest BCUT2D eigenvalue weighted by Gasteiger charge is 2.06. The Kier molecular flexibility index (Phi) is 2.48. The molecule has 90 valence electrons. The molecule has 0 spiro atoms. The second-order valence-electron chi connectivity index (χ2n) is 4.29. The molecule has 0 aliphatic heterocycles. The molecule has 0 bridgehead atoms. The van der Waals surface area contributed by atoms with E-state index in [4.69, 9.17) is 5.11 Å². The first-order chi connectivity index (χ1) is 8.74. The molecule has 0 saturated heterocycles. The lowest BCUT2D eigenvalue weighted by atomic mass is 10.1. The summed E-state index contributed by atoms with van der Waals surface area (Å²) in [5.74, 6) is -0.796. The minimum absolute atomic E-state index is 0.112. The predicted octanol–water partition coefficient (Wildman–Crippen LogP) is 2.73. The van der Waals surface area contributed by atoms with Gasteiger partial charge < -0.3 is 10.1 Å². The minimum atomic E-state index is -0.796. The number of carboxylic acid groups (broad SMARTS) is 1. The Morgan fingerprint density at radius 2 is 2.06 bits per heavy atom. The summed E-state index contributed by atoms with van der Waals surface area (Å²) in [6.45, 7) is 0. The second-order valence-corrected chi connectivity index (χ2v) is 4.29. The lowest BCUT2D eigenvalue weighted by Crippen LogP contribution is -1.98. The zero-order valence-electron chi connectivity index (χ0n) is 9.68. The fourth-order valence-corrected chi connectivity index (χ4v) is 2.16. The van der Waals surface area contributed by atoms with Gasteiger partial charge >= 0.3 is 5.97 Å². The molecule has 4 heteroatoms. The molecule has 0 unspecified atom stereocenters. The lowest BCUT2D eigenvalue weighted by molar-refractivity contribution is -0.136. The topological polar surface area (TPSA) is 66.0 Å². The Morgan fingerprint density at radius 3 is 2.89 bits per heavy atom. The van der Waals surface area contributed by atoms with Gasteiger partial charge in [0.25, 0.3) is 0 Å². The van der Waals surface area contributed by atoms with Gasteiger partial charge in [-0.2, -0.15) is 0 Å². The number of hydrogen-bond donors (Lipinski definition) is 2. The van der Waals surface area contributed by atoms with E-state index in [1.165, 1.54) is 0 Å². The van der Waals surface area contributed by atoms with Crippen molar-refractivity contribution < 1.29 is 9.90 Å². The number of nitrogens with zero attached hydrogens (tertiary/aromatic N) is 1. The summed E-state index contributed by atoms with van der Waals surface area (Å²) in [6, 6.07) is 10.0. The van der Waals surface area contributed by atoms with E-state index in [-0.39, 0.29) is 6.42 Å². The Labute approximate surface area is 103 Å². The van der Waals surface area contributed by atoms with E-state index in [2.05, 4.69) is 16.0 Å². The fraction of sp³-hybridized carbons (Fsp3) is 0.143. The first-order valence-electron chi connectivity index (χ1n) is 5.81. The van der Waals surface area contributed by atoms with Crippen molar-refractivity contribution in [2.24, 2.45) is 0 Å². The summed E-state index contributed by atoms with van der Waals surface area (Å²) >= 11 is 0. The first kappa shape index (κ1) is 10.8. The highest BCUT2D eigenvalue weighted by Crippen LogP contribution is 2.25. The third kappa shape index (κ3) is 1.82. The summed E-state index contributed by atoms with van der Waals surface area (Å²) < 4.78 is 0. The zero-order valence-corrected chi connectivity index (χ0v) is 9.68. The molecule has 3 rings (SSSR count). The molecule has 0 amide bonds. The third-order valence-electron chi connectivity index (χ3n) is 3.04. The van der Waals surface area contributed by atoms with Crippen molar-refractivity contribution >= 4 is 27.8 Å². The molecule has 0 saturated carbocycles. The molecule has 4 nitrogen and oxygen atoms in total. The van der Waals surface area contributed by atoms with E-state index in [9.17, 15) is 4.79 Å². The van der Waals surface area contributed by atoms with Gasteiger partial charge in [0.05, 0.1) is 18.1 Å². The maximum absolute atomic E-state index is 10.6. The number of fused-ring (bicyclic) bond motifs is 3. The normalized spacial score (nSPS) is 11.1. The number of hydrogen-bond acceptors (Lipinski definition) is 2. The molecule has 0 atom stereocenters.